The smallest absolute Gasteiger partial charge is 0.140 e. The molecule has 2 rings (SSSR count). The summed E-state index contributed by atoms with van der Waals surface area (Å²) in [7, 11) is 0. The van der Waals surface area contributed by atoms with Crippen LogP contribution in [0.25, 0.3) is 0 Å². The number of hydrogen-bond donors (Lipinski definition) is 0. The lowest BCUT2D eigenvalue weighted by atomic mass is 9.54. The Morgan fingerprint density at radius 3 is 2.40 bits per heavy atom. The van der Waals surface area contributed by atoms with E-state index >= 15 is 0 Å². The lowest BCUT2D eigenvalue weighted by Crippen LogP contribution is -2.47. The van der Waals surface area contributed by atoms with Gasteiger partial charge in [-0.15, -0.1) is 0 Å². The highest BCUT2D eigenvalue weighted by Gasteiger charge is 2.52. The second-order valence-electron chi connectivity index (χ2n) is 4.32. The first-order valence-electron chi connectivity index (χ1n) is 5.68. The predicted octanol–water partition coefficient (Wildman–Crippen LogP) is 2.94. The van der Waals surface area contributed by atoms with Crippen LogP contribution in [-0.4, -0.2) is 10.8 Å². The summed E-state index contributed by atoms with van der Waals surface area (Å²) in [5.41, 5.74) is 1.19. The van der Waals surface area contributed by atoms with E-state index in [1.807, 2.05) is 24.5 Å². The van der Waals surface area contributed by atoms with Gasteiger partial charge in [0.1, 0.15) is 5.78 Å². The molecule has 1 aromatic heterocycles. The summed E-state index contributed by atoms with van der Waals surface area (Å²) in [6, 6.07) is 4.08. The van der Waals surface area contributed by atoms with Gasteiger partial charge in [-0.2, -0.15) is 0 Å². The Kier molecular flexibility index (Phi) is 2.59. The third-order valence-corrected chi connectivity index (χ3v) is 3.98. The van der Waals surface area contributed by atoms with Crippen molar-refractivity contribution in [1.82, 2.24) is 4.98 Å². The van der Waals surface area contributed by atoms with Gasteiger partial charge in [-0.25, -0.2) is 0 Å². The first kappa shape index (κ1) is 10.3. The molecule has 0 bridgehead atoms. The van der Waals surface area contributed by atoms with Crippen molar-refractivity contribution in [2.45, 2.75) is 39.0 Å². The standard InChI is InChI=1S/C13H17NO/c1-3-13(4-2)11(9-12(13)15)10-5-7-14-8-6-10/h5-8,11H,3-4,9H2,1-2H3. The summed E-state index contributed by atoms with van der Waals surface area (Å²) in [6.07, 6.45) is 6.25. The quantitative estimate of drug-likeness (QED) is 0.756. The van der Waals surface area contributed by atoms with Gasteiger partial charge in [0.25, 0.3) is 0 Å². The van der Waals surface area contributed by atoms with Crippen LogP contribution in [0.15, 0.2) is 24.5 Å². The van der Waals surface area contributed by atoms with E-state index in [2.05, 4.69) is 18.8 Å². The summed E-state index contributed by atoms with van der Waals surface area (Å²) in [4.78, 5) is 15.8. The second-order valence-corrected chi connectivity index (χ2v) is 4.32. The zero-order valence-electron chi connectivity index (χ0n) is 9.36. The van der Waals surface area contributed by atoms with Crippen molar-refractivity contribution in [3.63, 3.8) is 0 Å². The molecule has 0 saturated heterocycles. The number of ketones is 1. The van der Waals surface area contributed by atoms with Crippen molar-refractivity contribution in [3.05, 3.63) is 30.1 Å². The third kappa shape index (κ3) is 1.39. The van der Waals surface area contributed by atoms with Gasteiger partial charge in [-0.3, -0.25) is 9.78 Å². The molecule has 2 heteroatoms. The van der Waals surface area contributed by atoms with Crippen molar-refractivity contribution < 1.29 is 4.79 Å². The topological polar surface area (TPSA) is 30.0 Å². The summed E-state index contributed by atoms with van der Waals surface area (Å²) in [5, 5.41) is 0. The lowest BCUT2D eigenvalue weighted by Gasteiger charge is -2.47. The number of hydrogen-bond acceptors (Lipinski definition) is 2. The van der Waals surface area contributed by atoms with Crippen LogP contribution in [0.3, 0.4) is 0 Å². The zero-order chi connectivity index (χ0) is 10.9. The van der Waals surface area contributed by atoms with Crippen LogP contribution in [0.4, 0.5) is 0 Å². The maximum atomic E-state index is 11.8. The number of nitrogens with zero attached hydrogens (tertiary/aromatic N) is 1. The van der Waals surface area contributed by atoms with Gasteiger partial charge >= 0.3 is 0 Å². The van der Waals surface area contributed by atoms with Crippen molar-refractivity contribution in [1.29, 1.82) is 0 Å². The molecule has 1 aromatic rings. The van der Waals surface area contributed by atoms with E-state index in [1.54, 1.807) is 0 Å². The third-order valence-electron chi connectivity index (χ3n) is 3.98. The Morgan fingerprint density at radius 1 is 1.33 bits per heavy atom. The fourth-order valence-electron chi connectivity index (χ4n) is 2.82. The SMILES string of the molecule is CCC1(CC)C(=O)CC1c1ccncc1. The molecule has 0 amide bonds. The molecule has 15 heavy (non-hydrogen) atoms. The fraction of sp³-hybridized carbons (Fsp3) is 0.538. The first-order chi connectivity index (χ1) is 7.24. The lowest BCUT2D eigenvalue weighted by molar-refractivity contribution is -0.141. The molecule has 1 unspecified atom stereocenters. The van der Waals surface area contributed by atoms with E-state index in [4.69, 9.17) is 0 Å². The van der Waals surface area contributed by atoms with E-state index in [0.717, 1.165) is 12.8 Å². The molecule has 0 N–H and O–H groups in total. The van der Waals surface area contributed by atoms with Crippen LogP contribution in [0, 0.1) is 5.41 Å². The molecule has 2 nitrogen and oxygen atoms in total. The molecule has 0 spiro atoms. The van der Waals surface area contributed by atoms with E-state index in [0.29, 0.717) is 18.1 Å². The Balaban J connectivity index is 2.29. The average Bonchev–Trinajstić information content (AvgIpc) is 2.29. The monoisotopic (exact) mass is 203 g/mol. The van der Waals surface area contributed by atoms with Crippen LogP contribution < -0.4 is 0 Å². The van der Waals surface area contributed by atoms with Gasteiger partial charge in [0.2, 0.25) is 0 Å². The number of carbonyl (C=O) groups excluding carboxylic acids is 1. The highest BCUT2D eigenvalue weighted by atomic mass is 16.1. The van der Waals surface area contributed by atoms with Crippen molar-refractivity contribution in [3.8, 4) is 0 Å². The molecule has 0 radical (unpaired) electrons. The molecule has 1 fully saturated rings. The number of pyridine rings is 1. The Morgan fingerprint density at radius 2 is 1.93 bits per heavy atom. The van der Waals surface area contributed by atoms with Crippen LogP contribution in [-0.2, 0) is 4.79 Å². The summed E-state index contributed by atoms with van der Waals surface area (Å²) < 4.78 is 0. The Bertz CT molecular complexity index is 354. The highest BCUT2D eigenvalue weighted by Crippen LogP contribution is 2.54. The summed E-state index contributed by atoms with van der Waals surface area (Å²) in [6.45, 7) is 4.24. The van der Waals surface area contributed by atoms with Gasteiger partial charge in [0.15, 0.2) is 0 Å². The van der Waals surface area contributed by atoms with Gasteiger partial charge < -0.3 is 0 Å². The molecule has 1 atom stereocenters. The van der Waals surface area contributed by atoms with Gasteiger partial charge in [-0.1, -0.05) is 13.8 Å². The van der Waals surface area contributed by atoms with Crippen LogP contribution in [0.1, 0.15) is 44.6 Å². The van der Waals surface area contributed by atoms with E-state index in [9.17, 15) is 4.79 Å². The van der Waals surface area contributed by atoms with E-state index in [1.165, 1.54) is 5.56 Å². The predicted molar refractivity (Wildman–Crippen MR) is 59.6 cm³/mol. The van der Waals surface area contributed by atoms with Gasteiger partial charge in [0.05, 0.1) is 0 Å². The minimum atomic E-state index is -0.0820. The maximum absolute atomic E-state index is 11.8. The highest BCUT2D eigenvalue weighted by molar-refractivity contribution is 5.93. The number of aromatic nitrogens is 1. The Hall–Kier alpha value is -1.18. The molecule has 1 heterocycles. The zero-order valence-corrected chi connectivity index (χ0v) is 9.36. The Labute approximate surface area is 90.7 Å². The molecule has 0 aromatic carbocycles. The van der Waals surface area contributed by atoms with Crippen LogP contribution in [0.5, 0.6) is 0 Å². The minimum absolute atomic E-state index is 0.0820. The molecule has 0 aliphatic heterocycles. The summed E-state index contributed by atoms with van der Waals surface area (Å²) in [5.74, 6) is 0.859. The maximum Gasteiger partial charge on any atom is 0.140 e. The number of rotatable bonds is 3. The van der Waals surface area contributed by atoms with Crippen molar-refractivity contribution in [2.24, 2.45) is 5.41 Å². The molecule has 1 aliphatic rings. The largest absolute Gasteiger partial charge is 0.299 e. The first-order valence-corrected chi connectivity index (χ1v) is 5.68. The number of carbonyl (C=O) groups is 1. The van der Waals surface area contributed by atoms with E-state index < -0.39 is 0 Å². The van der Waals surface area contributed by atoms with Crippen molar-refractivity contribution >= 4 is 5.78 Å². The molecular formula is C13H17NO. The molecule has 80 valence electrons. The number of Topliss-reactive ketones (excluding diaryl/α,β-unsaturated/α-hetero) is 1. The second kappa shape index (κ2) is 3.76. The normalized spacial score (nSPS) is 23.6. The van der Waals surface area contributed by atoms with Crippen LogP contribution in [0.2, 0.25) is 0 Å². The van der Waals surface area contributed by atoms with Crippen molar-refractivity contribution in [2.75, 3.05) is 0 Å². The van der Waals surface area contributed by atoms with Gasteiger partial charge in [-0.05, 0) is 30.5 Å². The minimum Gasteiger partial charge on any atom is -0.299 e. The van der Waals surface area contributed by atoms with Gasteiger partial charge in [0, 0.05) is 30.1 Å². The summed E-state index contributed by atoms with van der Waals surface area (Å²) >= 11 is 0. The molecular weight excluding hydrogens is 186 g/mol. The fourth-order valence-corrected chi connectivity index (χ4v) is 2.82. The molecule has 1 saturated carbocycles. The average molecular weight is 203 g/mol. The molecule has 1 aliphatic carbocycles. The van der Waals surface area contributed by atoms with Crippen LogP contribution >= 0.6 is 0 Å². The van der Waals surface area contributed by atoms with E-state index in [-0.39, 0.29) is 5.41 Å².